The zero-order valence-corrected chi connectivity index (χ0v) is 13.2. The number of benzene rings is 2. The molecule has 0 aromatic heterocycles. The first-order chi connectivity index (χ1) is 9.85. The maximum Gasteiger partial charge on any atom is 0.158 e. The second kappa shape index (κ2) is 6.31. The summed E-state index contributed by atoms with van der Waals surface area (Å²) >= 11 is 0. The van der Waals surface area contributed by atoms with Gasteiger partial charge in [-0.25, -0.2) is 8.42 Å². The van der Waals surface area contributed by atoms with Gasteiger partial charge in [0.1, 0.15) is 0 Å². The molecular weight excluding hydrogens is 282 g/mol. The Kier molecular flexibility index (Phi) is 4.68. The predicted molar refractivity (Wildman–Crippen MR) is 87.7 cm³/mol. The van der Waals surface area contributed by atoms with Gasteiger partial charge in [-0.15, -0.1) is 0 Å². The van der Waals surface area contributed by atoms with Crippen LogP contribution in [0.2, 0.25) is 0 Å². The van der Waals surface area contributed by atoms with Crippen LogP contribution < -0.4 is 5.73 Å². The van der Waals surface area contributed by atoms with Crippen molar-refractivity contribution < 1.29 is 8.42 Å². The van der Waals surface area contributed by atoms with E-state index in [0.717, 1.165) is 11.1 Å². The van der Waals surface area contributed by atoms with Crippen LogP contribution in [0.15, 0.2) is 48.5 Å². The topological polar surface area (TPSA) is 60.2 Å². The molecule has 2 N–H and O–H groups in total. The van der Waals surface area contributed by atoms with Gasteiger partial charge in [-0.2, -0.15) is 0 Å². The van der Waals surface area contributed by atoms with Gasteiger partial charge in [0.25, 0.3) is 0 Å². The maximum absolute atomic E-state index is 12.2. The van der Waals surface area contributed by atoms with Gasteiger partial charge in [-0.05, 0) is 34.7 Å². The van der Waals surface area contributed by atoms with Crippen molar-refractivity contribution in [1.82, 2.24) is 0 Å². The second-order valence-electron chi connectivity index (χ2n) is 5.67. The van der Waals surface area contributed by atoms with Crippen molar-refractivity contribution in [1.29, 1.82) is 0 Å². The molecule has 0 unspecified atom stereocenters. The molecule has 21 heavy (non-hydrogen) atoms. The van der Waals surface area contributed by atoms with Gasteiger partial charge in [0.05, 0.1) is 11.5 Å². The van der Waals surface area contributed by atoms with Gasteiger partial charge in [-0.1, -0.05) is 50.2 Å². The minimum absolute atomic E-state index is 0.0409. The number of hydrogen-bond acceptors (Lipinski definition) is 3. The summed E-state index contributed by atoms with van der Waals surface area (Å²) in [7, 11) is -3.17. The van der Waals surface area contributed by atoms with Gasteiger partial charge in [0.2, 0.25) is 0 Å². The van der Waals surface area contributed by atoms with E-state index in [0.29, 0.717) is 11.6 Å². The maximum atomic E-state index is 12.2. The van der Waals surface area contributed by atoms with Crippen molar-refractivity contribution in [3.63, 3.8) is 0 Å². The summed E-state index contributed by atoms with van der Waals surface area (Å²) in [5, 5.41) is 0. The van der Waals surface area contributed by atoms with E-state index in [9.17, 15) is 8.42 Å². The molecule has 3 nitrogen and oxygen atoms in total. The first-order valence-corrected chi connectivity index (χ1v) is 8.81. The van der Waals surface area contributed by atoms with E-state index in [1.54, 1.807) is 24.3 Å². The lowest BCUT2D eigenvalue weighted by Crippen LogP contribution is -2.07. The third kappa shape index (κ3) is 4.60. The highest BCUT2D eigenvalue weighted by Gasteiger charge is 2.13. The van der Waals surface area contributed by atoms with Crippen LogP contribution in [-0.2, 0) is 21.3 Å². The zero-order chi connectivity index (χ0) is 15.5. The average molecular weight is 303 g/mol. The lowest BCUT2D eigenvalue weighted by atomic mass is 10.0. The van der Waals surface area contributed by atoms with Gasteiger partial charge in [0.15, 0.2) is 9.84 Å². The highest BCUT2D eigenvalue weighted by Crippen LogP contribution is 2.18. The minimum atomic E-state index is -3.17. The molecule has 0 heterocycles. The van der Waals surface area contributed by atoms with E-state index in [-0.39, 0.29) is 11.5 Å². The van der Waals surface area contributed by atoms with E-state index < -0.39 is 9.84 Å². The fourth-order valence-corrected chi connectivity index (χ4v) is 3.67. The molecule has 0 atom stereocenters. The average Bonchev–Trinajstić information content (AvgIpc) is 2.41. The van der Waals surface area contributed by atoms with Crippen LogP contribution in [0.3, 0.4) is 0 Å². The Hall–Kier alpha value is -1.81. The number of nitrogens with two attached hydrogens (primary N) is 1. The highest BCUT2D eigenvalue weighted by molar-refractivity contribution is 7.89. The summed E-state index contributed by atoms with van der Waals surface area (Å²) in [5.74, 6) is 0.556. The molecule has 0 aliphatic carbocycles. The van der Waals surface area contributed by atoms with E-state index in [1.807, 2.05) is 24.3 Å². The Balaban J connectivity index is 2.08. The zero-order valence-electron chi connectivity index (χ0n) is 12.4. The van der Waals surface area contributed by atoms with E-state index in [4.69, 9.17) is 5.73 Å². The second-order valence-corrected chi connectivity index (χ2v) is 7.73. The van der Waals surface area contributed by atoms with Crippen LogP contribution in [0.4, 0.5) is 5.69 Å². The number of hydrogen-bond donors (Lipinski definition) is 1. The molecule has 0 aliphatic heterocycles. The molecule has 0 bridgehead atoms. The van der Waals surface area contributed by atoms with Gasteiger partial charge >= 0.3 is 0 Å². The van der Waals surface area contributed by atoms with E-state index in [1.165, 1.54) is 5.56 Å². The smallest absolute Gasteiger partial charge is 0.158 e. The van der Waals surface area contributed by atoms with Gasteiger partial charge in [0, 0.05) is 5.69 Å². The molecule has 0 amide bonds. The third-order valence-corrected chi connectivity index (χ3v) is 4.95. The number of nitrogen functional groups attached to an aromatic ring is 1. The van der Waals surface area contributed by atoms with Crippen molar-refractivity contribution >= 4 is 15.5 Å². The van der Waals surface area contributed by atoms with Crippen molar-refractivity contribution in [3.8, 4) is 0 Å². The quantitative estimate of drug-likeness (QED) is 0.860. The van der Waals surface area contributed by atoms with E-state index in [2.05, 4.69) is 13.8 Å². The molecule has 0 aliphatic rings. The first kappa shape index (κ1) is 15.6. The minimum Gasteiger partial charge on any atom is -0.399 e. The Morgan fingerprint density at radius 2 is 1.29 bits per heavy atom. The predicted octanol–water partition coefficient (Wildman–Crippen LogP) is 3.51. The van der Waals surface area contributed by atoms with Crippen LogP contribution in [0, 0.1) is 0 Å². The number of rotatable bonds is 5. The summed E-state index contributed by atoms with van der Waals surface area (Å²) in [4.78, 5) is 0. The van der Waals surface area contributed by atoms with Crippen LogP contribution in [0.5, 0.6) is 0 Å². The molecule has 0 radical (unpaired) electrons. The van der Waals surface area contributed by atoms with Crippen molar-refractivity contribution in [2.24, 2.45) is 0 Å². The highest BCUT2D eigenvalue weighted by atomic mass is 32.2. The van der Waals surface area contributed by atoms with Crippen LogP contribution in [0.1, 0.15) is 36.5 Å². The molecule has 0 saturated heterocycles. The number of anilines is 1. The van der Waals surface area contributed by atoms with Gasteiger partial charge in [-0.3, -0.25) is 0 Å². The summed E-state index contributed by atoms with van der Waals surface area (Å²) in [6.45, 7) is 4.24. The molecule has 112 valence electrons. The molecule has 2 aromatic rings. The van der Waals surface area contributed by atoms with Crippen molar-refractivity contribution in [2.45, 2.75) is 31.3 Å². The van der Waals surface area contributed by atoms with Crippen LogP contribution in [-0.4, -0.2) is 8.42 Å². The molecule has 0 saturated carbocycles. The van der Waals surface area contributed by atoms with Gasteiger partial charge < -0.3 is 5.73 Å². The first-order valence-electron chi connectivity index (χ1n) is 6.99. The SMILES string of the molecule is CC(C)c1ccc(CS(=O)(=O)Cc2ccc(N)cc2)cc1. The van der Waals surface area contributed by atoms with Crippen LogP contribution >= 0.6 is 0 Å². The third-order valence-electron chi connectivity index (χ3n) is 3.40. The monoisotopic (exact) mass is 303 g/mol. The molecule has 2 rings (SSSR count). The Morgan fingerprint density at radius 1 is 0.857 bits per heavy atom. The summed E-state index contributed by atoms with van der Waals surface area (Å²) in [5.41, 5.74) is 9.05. The lowest BCUT2D eigenvalue weighted by Gasteiger charge is -2.08. The Bertz CT molecular complexity index is 687. The summed E-state index contributed by atoms with van der Waals surface area (Å²) < 4.78 is 24.5. The van der Waals surface area contributed by atoms with Crippen molar-refractivity contribution in [3.05, 3.63) is 65.2 Å². The Labute approximate surface area is 126 Å². The van der Waals surface area contributed by atoms with Crippen LogP contribution in [0.25, 0.3) is 0 Å². The fourth-order valence-electron chi connectivity index (χ4n) is 2.17. The van der Waals surface area contributed by atoms with Crippen molar-refractivity contribution in [2.75, 3.05) is 5.73 Å². The summed E-state index contributed by atoms with van der Waals surface area (Å²) in [6, 6.07) is 14.8. The number of sulfone groups is 1. The van der Waals surface area contributed by atoms with E-state index >= 15 is 0 Å². The summed E-state index contributed by atoms with van der Waals surface area (Å²) in [6.07, 6.45) is 0. The lowest BCUT2D eigenvalue weighted by molar-refractivity contribution is 0.594. The molecule has 0 fully saturated rings. The standard InChI is InChI=1S/C17H21NO2S/c1-13(2)16-7-3-14(4-8-16)11-21(19,20)12-15-5-9-17(18)10-6-15/h3-10,13H,11-12,18H2,1-2H3. The molecular formula is C17H21NO2S. The Morgan fingerprint density at radius 3 is 1.71 bits per heavy atom. The normalized spacial score (nSPS) is 11.8. The molecule has 0 spiro atoms. The molecule has 2 aromatic carbocycles. The molecule has 4 heteroatoms. The largest absolute Gasteiger partial charge is 0.399 e. The fraction of sp³-hybridized carbons (Fsp3) is 0.294.